The molecule has 29 heavy (non-hydrogen) atoms. The minimum absolute atomic E-state index is 0.00187. The van der Waals surface area contributed by atoms with E-state index in [1.54, 1.807) is 24.3 Å². The number of hydrogen-bond donors (Lipinski definition) is 3. The molecular formula is C21H25Cl3O5. The maximum Gasteiger partial charge on any atom is 0.156 e. The van der Waals surface area contributed by atoms with Crippen molar-refractivity contribution in [2.24, 2.45) is 0 Å². The van der Waals surface area contributed by atoms with Crippen molar-refractivity contribution in [1.29, 1.82) is 0 Å². The second-order valence-corrected chi connectivity index (χ2v) is 8.31. The fourth-order valence-corrected chi connectivity index (χ4v) is 3.35. The first-order chi connectivity index (χ1) is 13.7. The Hall–Kier alpha value is -1.21. The first-order valence-corrected chi connectivity index (χ1v) is 10.4. The Morgan fingerprint density at radius 1 is 0.897 bits per heavy atom. The Labute approximate surface area is 185 Å². The molecule has 160 valence electrons. The third kappa shape index (κ3) is 6.38. The molecule has 5 nitrogen and oxygen atoms in total. The molecule has 0 radical (unpaired) electrons. The van der Waals surface area contributed by atoms with Crippen LogP contribution in [0.5, 0.6) is 11.5 Å². The van der Waals surface area contributed by atoms with Crippen molar-refractivity contribution >= 4 is 34.8 Å². The monoisotopic (exact) mass is 462 g/mol. The van der Waals surface area contributed by atoms with Crippen LogP contribution in [-0.4, -0.2) is 53.2 Å². The SMILES string of the molecule is CC(C)(c1ccc(OC[C@@H](O)CO)cc1)c1cc(Cl)c(OC[C@H](O)CCl)c(Cl)c1. The molecule has 0 saturated carbocycles. The van der Waals surface area contributed by atoms with E-state index in [2.05, 4.69) is 0 Å². The lowest BCUT2D eigenvalue weighted by Gasteiger charge is -2.27. The number of benzene rings is 2. The summed E-state index contributed by atoms with van der Waals surface area (Å²) in [6, 6.07) is 11.0. The third-order valence-electron chi connectivity index (χ3n) is 4.55. The van der Waals surface area contributed by atoms with E-state index < -0.39 is 17.6 Å². The third-order valence-corrected chi connectivity index (χ3v) is 5.47. The normalized spacial score (nSPS) is 13.8. The minimum Gasteiger partial charge on any atom is -0.491 e. The number of alkyl halides is 1. The Bertz CT molecular complexity index is 772. The highest BCUT2D eigenvalue weighted by atomic mass is 35.5. The van der Waals surface area contributed by atoms with E-state index in [9.17, 15) is 10.2 Å². The Morgan fingerprint density at radius 2 is 1.45 bits per heavy atom. The molecule has 0 aliphatic carbocycles. The van der Waals surface area contributed by atoms with Gasteiger partial charge in [-0.15, -0.1) is 11.6 Å². The van der Waals surface area contributed by atoms with E-state index >= 15 is 0 Å². The van der Waals surface area contributed by atoms with Crippen molar-refractivity contribution in [1.82, 2.24) is 0 Å². The largest absolute Gasteiger partial charge is 0.491 e. The maximum atomic E-state index is 9.56. The Kier molecular flexibility index (Phi) is 8.89. The smallest absolute Gasteiger partial charge is 0.156 e. The van der Waals surface area contributed by atoms with Crippen LogP contribution in [0.4, 0.5) is 0 Å². The predicted octanol–water partition coefficient (Wildman–Crippen LogP) is 4.03. The number of aliphatic hydroxyl groups is 3. The molecule has 8 heteroatoms. The van der Waals surface area contributed by atoms with Crippen LogP contribution in [-0.2, 0) is 5.41 Å². The van der Waals surface area contributed by atoms with Crippen LogP contribution in [0.25, 0.3) is 0 Å². The van der Waals surface area contributed by atoms with Crippen LogP contribution < -0.4 is 9.47 Å². The fourth-order valence-electron chi connectivity index (χ4n) is 2.66. The summed E-state index contributed by atoms with van der Waals surface area (Å²) < 4.78 is 11.0. The van der Waals surface area contributed by atoms with Crippen molar-refractivity contribution in [2.45, 2.75) is 31.5 Å². The Balaban J connectivity index is 2.19. The summed E-state index contributed by atoms with van der Waals surface area (Å²) in [5, 5.41) is 28.5. The van der Waals surface area contributed by atoms with Gasteiger partial charge in [-0.25, -0.2) is 0 Å². The average Bonchev–Trinajstić information content (AvgIpc) is 2.71. The zero-order valence-corrected chi connectivity index (χ0v) is 18.5. The maximum absolute atomic E-state index is 9.56. The highest BCUT2D eigenvalue weighted by molar-refractivity contribution is 6.37. The standard InChI is InChI=1S/C21H25Cl3O5/c1-21(2,13-3-5-17(6-4-13)28-12-16(27)10-25)14-7-18(23)20(19(24)8-14)29-11-15(26)9-22/h3-8,15-16,25-27H,9-12H2,1-2H3/t15-,16+/m1/s1. The van der Waals surface area contributed by atoms with Gasteiger partial charge in [0.25, 0.3) is 0 Å². The molecule has 0 unspecified atom stereocenters. The van der Waals surface area contributed by atoms with Crippen molar-refractivity contribution in [3.63, 3.8) is 0 Å². The topological polar surface area (TPSA) is 79.2 Å². The van der Waals surface area contributed by atoms with E-state index in [1.165, 1.54) is 0 Å². The summed E-state index contributed by atoms with van der Waals surface area (Å²) in [5.41, 5.74) is 1.48. The van der Waals surface area contributed by atoms with Crippen LogP contribution in [0.2, 0.25) is 10.0 Å². The average molecular weight is 464 g/mol. The molecular weight excluding hydrogens is 439 g/mol. The van der Waals surface area contributed by atoms with Gasteiger partial charge in [0.2, 0.25) is 0 Å². The molecule has 0 saturated heterocycles. The van der Waals surface area contributed by atoms with Crippen molar-refractivity contribution in [3.8, 4) is 11.5 Å². The van der Waals surface area contributed by atoms with Gasteiger partial charge < -0.3 is 24.8 Å². The van der Waals surface area contributed by atoms with Gasteiger partial charge in [-0.2, -0.15) is 0 Å². The summed E-state index contributed by atoms with van der Waals surface area (Å²) in [6.07, 6.45) is -1.72. The summed E-state index contributed by atoms with van der Waals surface area (Å²) >= 11 is 18.3. The molecule has 0 aliphatic rings. The van der Waals surface area contributed by atoms with Gasteiger partial charge in [-0.3, -0.25) is 0 Å². The molecule has 0 aromatic heterocycles. The molecule has 0 fully saturated rings. The lowest BCUT2D eigenvalue weighted by molar-refractivity contribution is 0.0536. The molecule has 2 aromatic carbocycles. The lowest BCUT2D eigenvalue weighted by Crippen LogP contribution is -2.22. The molecule has 0 spiro atoms. The van der Waals surface area contributed by atoms with Crippen LogP contribution >= 0.6 is 34.8 Å². The number of aliphatic hydroxyl groups excluding tert-OH is 3. The van der Waals surface area contributed by atoms with Gasteiger partial charge in [-0.05, 0) is 35.4 Å². The molecule has 2 aromatic rings. The zero-order chi connectivity index (χ0) is 21.6. The van der Waals surface area contributed by atoms with Crippen molar-refractivity contribution in [2.75, 3.05) is 25.7 Å². The molecule has 3 N–H and O–H groups in total. The quantitative estimate of drug-likeness (QED) is 0.464. The van der Waals surface area contributed by atoms with Crippen LogP contribution in [0, 0.1) is 0 Å². The van der Waals surface area contributed by atoms with Crippen molar-refractivity contribution < 1.29 is 24.8 Å². The van der Waals surface area contributed by atoms with E-state index in [1.807, 2.05) is 26.0 Å². The van der Waals surface area contributed by atoms with Crippen LogP contribution in [0.3, 0.4) is 0 Å². The first-order valence-electron chi connectivity index (χ1n) is 9.07. The highest BCUT2D eigenvalue weighted by Gasteiger charge is 2.26. The molecule has 0 bridgehead atoms. The predicted molar refractivity (Wildman–Crippen MR) is 116 cm³/mol. The summed E-state index contributed by atoms with van der Waals surface area (Å²) in [6.45, 7) is 3.75. The second kappa shape index (κ2) is 10.7. The van der Waals surface area contributed by atoms with E-state index in [-0.39, 0.29) is 25.7 Å². The first kappa shape index (κ1) is 24.1. The van der Waals surface area contributed by atoms with E-state index in [0.29, 0.717) is 21.5 Å². The summed E-state index contributed by atoms with van der Waals surface area (Å²) in [5.74, 6) is 0.955. The van der Waals surface area contributed by atoms with Gasteiger partial charge in [-0.1, -0.05) is 49.2 Å². The van der Waals surface area contributed by atoms with Gasteiger partial charge in [0.1, 0.15) is 31.2 Å². The zero-order valence-electron chi connectivity index (χ0n) is 16.2. The molecule has 0 aliphatic heterocycles. The number of halogens is 3. The van der Waals surface area contributed by atoms with Crippen LogP contribution in [0.15, 0.2) is 36.4 Å². The molecule has 2 atom stereocenters. The minimum atomic E-state index is -0.915. The lowest BCUT2D eigenvalue weighted by atomic mass is 9.78. The van der Waals surface area contributed by atoms with E-state index in [0.717, 1.165) is 11.1 Å². The molecule has 0 heterocycles. The van der Waals surface area contributed by atoms with Crippen LogP contribution in [0.1, 0.15) is 25.0 Å². The van der Waals surface area contributed by atoms with Gasteiger partial charge in [0.05, 0.1) is 22.5 Å². The number of ether oxygens (including phenoxy) is 2. The second-order valence-electron chi connectivity index (χ2n) is 7.18. The number of rotatable bonds is 10. The van der Waals surface area contributed by atoms with E-state index in [4.69, 9.17) is 49.4 Å². The fraction of sp³-hybridized carbons (Fsp3) is 0.429. The van der Waals surface area contributed by atoms with Gasteiger partial charge >= 0.3 is 0 Å². The van der Waals surface area contributed by atoms with Crippen molar-refractivity contribution in [3.05, 3.63) is 57.6 Å². The Morgan fingerprint density at radius 3 is 1.97 bits per heavy atom. The summed E-state index contributed by atoms with van der Waals surface area (Å²) in [7, 11) is 0. The van der Waals surface area contributed by atoms with Gasteiger partial charge in [0.15, 0.2) is 5.75 Å². The summed E-state index contributed by atoms with van der Waals surface area (Å²) in [4.78, 5) is 0. The molecule has 0 amide bonds. The highest BCUT2D eigenvalue weighted by Crippen LogP contribution is 2.40. The number of hydrogen-bond acceptors (Lipinski definition) is 5. The van der Waals surface area contributed by atoms with Gasteiger partial charge in [0, 0.05) is 5.41 Å². The molecule has 2 rings (SSSR count).